The summed E-state index contributed by atoms with van der Waals surface area (Å²) >= 11 is 12.4. The molecule has 46 heavy (non-hydrogen) atoms. The number of anilines is 3. The molecule has 0 saturated carbocycles. The molecule has 3 aromatic rings. The van der Waals surface area contributed by atoms with Gasteiger partial charge in [0.1, 0.15) is 0 Å². The number of esters is 2. The highest BCUT2D eigenvalue weighted by atomic mass is 127. The van der Waals surface area contributed by atoms with E-state index in [9.17, 15) is 19.2 Å². The zero-order chi connectivity index (χ0) is 36.5. The number of hydrogen-bond acceptors (Lipinski definition) is 6. The molecule has 0 atom stereocenters. The fourth-order valence-corrected chi connectivity index (χ4v) is 6.06. The summed E-state index contributed by atoms with van der Waals surface area (Å²) < 4.78 is 7.15. The van der Waals surface area contributed by atoms with E-state index in [-0.39, 0.29) is 11.8 Å². The predicted molar refractivity (Wildman–Crippen MR) is 211 cm³/mol. The number of ether oxygens (including phenoxy) is 1. The Morgan fingerprint density at radius 3 is 1.22 bits per heavy atom. The lowest BCUT2D eigenvalue weighted by Crippen LogP contribution is -2.24. The summed E-state index contributed by atoms with van der Waals surface area (Å²) in [7, 11) is 1.80. The summed E-state index contributed by atoms with van der Waals surface area (Å²) in [6, 6.07) is 12.0. The molecule has 12 heteroatoms. The van der Waals surface area contributed by atoms with E-state index in [2.05, 4.69) is 80.4 Å². The van der Waals surface area contributed by atoms with E-state index in [1.165, 1.54) is 20.8 Å². The molecule has 0 aliphatic carbocycles. The Morgan fingerprint density at radius 1 is 0.652 bits per heavy atom. The summed E-state index contributed by atoms with van der Waals surface area (Å²) in [6.45, 7) is 17.4. The van der Waals surface area contributed by atoms with Gasteiger partial charge in [-0.25, -0.2) is 0 Å². The summed E-state index contributed by atoms with van der Waals surface area (Å²) in [4.78, 5) is 45.4. The lowest BCUT2D eigenvalue weighted by Gasteiger charge is -2.20. The minimum Gasteiger partial charge on any atom is -0.398 e. The molecular formula is C34H45Br3IN3O5. The van der Waals surface area contributed by atoms with Crippen molar-refractivity contribution in [2.45, 2.75) is 69.2 Å². The smallest absolute Gasteiger partial charge is 0.310 e. The molecule has 3 aromatic carbocycles. The van der Waals surface area contributed by atoms with Crippen LogP contribution in [0.3, 0.4) is 0 Å². The van der Waals surface area contributed by atoms with Crippen LogP contribution in [0.4, 0.5) is 17.1 Å². The highest BCUT2D eigenvalue weighted by Crippen LogP contribution is 2.28. The van der Waals surface area contributed by atoms with E-state index in [1.54, 1.807) is 18.9 Å². The van der Waals surface area contributed by atoms with E-state index < -0.39 is 11.9 Å². The van der Waals surface area contributed by atoms with E-state index >= 15 is 0 Å². The number of hydrogen-bond donors (Lipinski definition) is 2. The average molecular weight is 942 g/mol. The van der Waals surface area contributed by atoms with E-state index in [0.29, 0.717) is 0 Å². The number of alkyl halides is 1. The lowest BCUT2D eigenvalue weighted by atomic mass is 10.1. The Labute approximate surface area is 313 Å². The third-order valence-corrected chi connectivity index (χ3v) is 7.28. The largest absolute Gasteiger partial charge is 0.398 e. The normalized spacial score (nSPS) is 9.30. The highest BCUT2D eigenvalue weighted by Gasteiger charge is 2.12. The number of nitrogen functional groups attached to an aromatic ring is 1. The molecule has 254 valence electrons. The van der Waals surface area contributed by atoms with Crippen LogP contribution in [0.1, 0.15) is 61.1 Å². The average Bonchev–Trinajstić information content (AvgIpc) is 2.90. The number of carbonyl (C=O) groups is 4. The topological polar surface area (TPSA) is 119 Å². The van der Waals surface area contributed by atoms with E-state index in [4.69, 9.17) is 5.73 Å². The third kappa shape index (κ3) is 18.2. The number of nitrogens with two attached hydrogens (primary N) is 1. The van der Waals surface area contributed by atoms with Crippen molar-refractivity contribution < 1.29 is 23.9 Å². The molecule has 2 amide bonds. The maximum atomic E-state index is 11.2. The minimum atomic E-state index is -0.562. The first-order chi connectivity index (χ1) is 21.2. The number of halogens is 4. The van der Waals surface area contributed by atoms with Crippen molar-refractivity contribution >= 4 is 111 Å². The van der Waals surface area contributed by atoms with Crippen LogP contribution in [0.2, 0.25) is 0 Å². The molecule has 0 aromatic heterocycles. The van der Waals surface area contributed by atoms with Gasteiger partial charge in [-0.2, -0.15) is 0 Å². The van der Waals surface area contributed by atoms with Gasteiger partial charge in [-0.05, 0) is 116 Å². The number of benzene rings is 3. The number of aryl methyl sites for hydroxylation is 6. The van der Waals surface area contributed by atoms with Crippen LogP contribution >= 0.6 is 70.4 Å². The van der Waals surface area contributed by atoms with Gasteiger partial charge < -0.3 is 20.7 Å². The predicted octanol–water partition coefficient (Wildman–Crippen LogP) is 9.87. The van der Waals surface area contributed by atoms with Crippen molar-refractivity contribution in [1.29, 1.82) is 0 Å². The number of amides is 2. The van der Waals surface area contributed by atoms with Gasteiger partial charge in [0.2, 0.25) is 11.8 Å². The first-order valence-corrected chi connectivity index (χ1v) is 18.4. The van der Waals surface area contributed by atoms with Gasteiger partial charge in [-0.3, -0.25) is 19.2 Å². The Balaban J connectivity index is 0. The van der Waals surface area contributed by atoms with Crippen molar-refractivity contribution in [3.05, 3.63) is 83.2 Å². The van der Waals surface area contributed by atoms with Crippen molar-refractivity contribution in [3.63, 3.8) is 0 Å². The molecule has 0 radical (unpaired) electrons. The van der Waals surface area contributed by atoms with Gasteiger partial charge in [0.15, 0.2) is 0 Å². The molecule has 3 N–H and O–H groups in total. The molecule has 0 unspecified atom stereocenters. The third-order valence-electron chi connectivity index (χ3n) is 5.91. The van der Waals surface area contributed by atoms with E-state index in [1.807, 2.05) is 82.9 Å². The molecule has 3 rings (SSSR count). The molecule has 8 nitrogen and oxygen atoms in total. The van der Waals surface area contributed by atoms with Crippen LogP contribution in [0.5, 0.6) is 0 Å². The molecule has 0 heterocycles. The zero-order valence-electron chi connectivity index (χ0n) is 28.5. The van der Waals surface area contributed by atoms with Crippen molar-refractivity contribution in [1.82, 2.24) is 0 Å². The molecule has 0 saturated heterocycles. The standard InChI is InChI=1S/C11H14BrNO.C10H12BrNO.C8H10BrN.C4H6O3.CH3I/c1-7-5-10(12)6-8(2)11(7)13(4)9(3)14;1-6-4-9(11)5-7(2)10(6)12-8(3)13;1-5-3-7(9)4-6(2)8(5)10;1-3(5)7-4(2)6;1-2/h5-6H,1-4H3;4-5H,1-3H3,(H,12,13);3-4H,10H2,1-2H3;1-2H3;1H3. The van der Waals surface area contributed by atoms with Gasteiger partial charge in [-0.1, -0.05) is 70.4 Å². The lowest BCUT2D eigenvalue weighted by molar-refractivity contribution is -0.156. The maximum absolute atomic E-state index is 11.2. The second kappa shape index (κ2) is 23.1. The van der Waals surface area contributed by atoms with Crippen LogP contribution < -0.4 is 16.0 Å². The van der Waals surface area contributed by atoms with Crippen LogP contribution in [0.15, 0.2) is 49.8 Å². The monoisotopic (exact) mass is 939 g/mol. The van der Waals surface area contributed by atoms with Crippen molar-refractivity contribution in [3.8, 4) is 0 Å². The highest BCUT2D eigenvalue weighted by molar-refractivity contribution is 14.1. The second-order valence-electron chi connectivity index (χ2n) is 10.1. The van der Waals surface area contributed by atoms with Crippen molar-refractivity contribution in [2.24, 2.45) is 0 Å². The van der Waals surface area contributed by atoms with Crippen molar-refractivity contribution in [2.75, 3.05) is 27.9 Å². The number of carbonyl (C=O) groups excluding carboxylic acids is 4. The molecule has 0 aliphatic rings. The Morgan fingerprint density at radius 2 is 0.957 bits per heavy atom. The Hall–Kier alpha value is -2.29. The van der Waals surface area contributed by atoms with E-state index in [0.717, 1.165) is 63.9 Å². The van der Waals surface area contributed by atoms with Gasteiger partial charge in [0.25, 0.3) is 0 Å². The number of nitrogens with one attached hydrogen (secondary N) is 1. The van der Waals surface area contributed by atoms with Gasteiger partial charge in [0, 0.05) is 65.2 Å². The summed E-state index contributed by atoms with van der Waals surface area (Å²) in [5, 5.41) is 2.81. The molecule has 0 fully saturated rings. The van der Waals surface area contributed by atoms with Crippen LogP contribution in [0.25, 0.3) is 0 Å². The first-order valence-electron chi connectivity index (χ1n) is 13.8. The molecular weight excluding hydrogens is 897 g/mol. The quantitative estimate of drug-likeness (QED) is 0.0869. The Kier molecular flexibility index (Phi) is 23.0. The number of nitrogens with zero attached hydrogens (tertiary/aromatic N) is 1. The second-order valence-corrected chi connectivity index (χ2v) is 12.8. The minimum absolute atomic E-state index is 0.0338. The molecule has 0 aliphatic heterocycles. The maximum Gasteiger partial charge on any atom is 0.310 e. The van der Waals surface area contributed by atoms with Gasteiger partial charge in [-0.15, -0.1) is 0 Å². The van der Waals surface area contributed by atoms with Crippen LogP contribution in [-0.2, 0) is 23.9 Å². The van der Waals surface area contributed by atoms with Crippen LogP contribution in [-0.4, -0.2) is 35.7 Å². The fraction of sp³-hybridized carbons (Fsp3) is 0.353. The zero-order valence-corrected chi connectivity index (χ0v) is 35.5. The molecule has 0 spiro atoms. The number of rotatable bonds is 2. The summed E-state index contributed by atoms with van der Waals surface area (Å²) in [5.74, 6) is -1.10. The summed E-state index contributed by atoms with van der Waals surface area (Å²) in [6.07, 6.45) is 0. The molecule has 0 bridgehead atoms. The Bertz CT molecular complexity index is 1430. The first kappa shape index (κ1) is 45.8. The van der Waals surface area contributed by atoms with Gasteiger partial charge in [0.05, 0.1) is 0 Å². The SMILES string of the molecule is CC(=O)N(C)c1c(C)cc(Br)cc1C.CC(=O)Nc1c(C)cc(Br)cc1C.CC(=O)OC(C)=O.CI.Cc1cc(Br)cc(C)c1N. The van der Waals surface area contributed by atoms with Crippen LogP contribution in [0, 0.1) is 41.5 Å². The fourth-order valence-electron chi connectivity index (χ4n) is 4.00. The van der Waals surface area contributed by atoms with Gasteiger partial charge >= 0.3 is 11.9 Å². The summed E-state index contributed by atoms with van der Waals surface area (Å²) in [5.41, 5.74) is 15.2.